The Hall–Kier alpha value is -0.300. The third-order valence-corrected chi connectivity index (χ3v) is 6.83. The molecule has 1 heteroatoms. The molecule has 4 saturated carbocycles. The minimum Gasteiger partial charge on any atom is -0.310 e. The van der Waals surface area contributed by atoms with E-state index in [9.17, 15) is 0 Å². The number of likely N-dealkylation sites (N-methyl/N-ethyl adjacent to an activating group) is 1. The summed E-state index contributed by atoms with van der Waals surface area (Å²) in [7, 11) is 0. The van der Waals surface area contributed by atoms with Crippen LogP contribution in [0.1, 0.15) is 64.7 Å². The van der Waals surface area contributed by atoms with Crippen LogP contribution in [-0.2, 0) is 0 Å². The van der Waals surface area contributed by atoms with Crippen molar-refractivity contribution in [1.82, 2.24) is 5.32 Å². The molecular formula is C19H31N. The lowest BCUT2D eigenvalue weighted by Crippen LogP contribution is -2.53. The highest BCUT2D eigenvalue weighted by atomic mass is 14.9. The van der Waals surface area contributed by atoms with Crippen LogP contribution < -0.4 is 5.32 Å². The van der Waals surface area contributed by atoms with Gasteiger partial charge in [0.15, 0.2) is 0 Å². The summed E-state index contributed by atoms with van der Waals surface area (Å²) >= 11 is 0. The summed E-state index contributed by atoms with van der Waals surface area (Å²) in [4.78, 5) is 0. The van der Waals surface area contributed by atoms with E-state index in [1.54, 1.807) is 37.7 Å². The Balaban J connectivity index is 1.58. The van der Waals surface area contributed by atoms with Gasteiger partial charge in [-0.25, -0.2) is 0 Å². The fourth-order valence-electron chi connectivity index (χ4n) is 6.39. The molecule has 0 aromatic carbocycles. The molecule has 0 radical (unpaired) electrons. The Morgan fingerprint density at radius 1 is 1.05 bits per heavy atom. The van der Waals surface area contributed by atoms with Crippen molar-refractivity contribution in [2.75, 3.05) is 6.54 Å². The summed E-state index contributed by atoms with van der Waals surface area (Å²) in [5, 5.41) is 3.91. The summed E-state index contributed by atoms with van der Waals surface area (Å²) in [6, 6.07) is 0.732. The van der Waals surface area contributed by atoms with Gasteiger partial charge in [-0.2, -0.15) is 0 Å². The second-order valence-corrected chi connectivity index (χ2v) is 8.07. The molecule has 5 aliphatic carbocycles. The maximum Gasteiger partial charge on any atom is 0.0313 e. The van der Waals surface area contributed by atoms with Gasteiger partial charge in [-0.3, -0.25) is 0 Å². The summed E-state index contributed by atoms with van der Waals surface area (Å²) in [6.45, 7) is 3.44. The Kier molecular flexibility index (Phi) is 3.66. The molecule has 1 N–H and O–H groups in total. The Labute approximate surface area is 124 Å². The quantitative estimate of drug-likeness (QED) is 0.742. The van der Waals surface area contributed by atoms with E-state index >= 15 is 0 Å². The first-order valence-electron chi connectivity index (χ1n) is 9.27. The molecule has 0 aromatic heterocycles. The number of hydrogen-bond acceptors (Lipinski definition) is 1. The highest BCUT2D eigenvalue weighted by molar-refractivity contribution is 5.18. The molecule has 4 fully saturated rings. The van der Waals surface area contributed by atoms with Crippen molar-refractivity contribution in [2.45, 2.75) is 70.8 Å². The SMILES string of the molecule is CCNC(C1=CCCCC1)C1C2CC3CC(C2)CC1C3. The maximum absolute atomic E-state index is 3.91. The second-order valence-electron chi connectivity index (χ2n) is 8.07. The molecule has 0 spiro atoms. The molecule has 5 rings (SSSR count). The van der Waals surface area contributed by atoms with E-state index in [-0.39, 0.29) is 0 Å². The molecule has 0 aromatic rings. The van der Waals surface area contributed by atoms with Crippen molar-refractivity contribution in [3.63, 3.8) is 0 Å². The van der Waals surface area contributed by atoms with Crippen LogP contribution in [0, 0.1) is 29.6 Å². The van der Waals surface area contributed by atoms with Gasteiger partial charge >= 0.3 is 0 Å². The topological polar surface area (TPSA) is 12.0 Å². The molecular weight excluding hydrogens is 242 g/mol. The van der Waals surface area contributed by atoms with Crippen LogP contribution >= 0.6 is 0 Å². The Morgan fingerprint density at radius 2 is 1.75 bits per heavy atom. The van der Waals surface area contributed by atoms with E-state index in [1.807, 2.05) is 0 Å². The Morgan fingerprint density at radius 3 is 2.30 bits per heavy atom. The van der Waals surface area contributed by atoms with Crippen molar-refractivity contribution in [2.24, 2.45) is 29.6 Å². The van der Waals surface area contributed by atoms with E-state index < -0.39 is 0 Å². The average Bonchev–Trinajstić information content (AvgIpc) is 2.46. The molecule has 0 aliphatic heterocycles. The molecule has 1 nitrogen and oxygen atoms in total. The molecule has 0 amide bonds. The van der Waals surface area contributed by atoms with Crippen molar-refractivity contribution in [1.29, 1.82) is 0 Å². The predicted molar refractivity (Wildman–Crippen MR) is 84.6 cm³/mol. The maximum atomic E-state index is 3.91. The molecule has 4 bridgehead atoms. The normalized spacial score (nSPS) is 44.5. The van der Waals surface area contributed by atoms with E-state index in [0.29, 0.717) is 0 Å². The minimum absolute atomic E-state index is 0.732. The molecule has 20 heavy (non-hydrogen) atoms. The lowest BCUT2D eigenvalue weighted by atomic mass is 9.50. The van der Waals surface area contributed by atoms with Crippen LogP contribution in [0.15, 0.2) is 11.6 Å². The minimum atomic E-state index is 0.732. The predicted octanol–water partition coefficient (Wildman–Crippen LogP) is 4.54. The first-order chi connectivity index (χ1) is 9.85. The molecule has 0 saturated heterocycles. The number of hydrogen-bond donors (Lipinski definition) is 1. The highest BCUT2D eigenvalue weighted by Gasteiger charge is 2.50. The van der Waals surface area contributed by atoms with Crippen LogP contribution in [0.3, 0.4) is 0 Å². The largest absolute Gasteiger partial charge is 0.310 e. The number of allylic oxidation sites excluding steroid dienone is 1. The first kappa shape index (κ1) is 13.4. The number of rotatable bonds is 4. The smallest absolute Gasteiger partial charge is 0.0313 e. The zero-order valence-corrected chi connectivity index (χ0v) is 13.1. The van der Waals surface area contributed by atoms with Gasteiger partial charge in [0.25, 0.3) is 0 Å². The zero-order valence-electron chi connectivity index (χ0n) is 13.1. The zero-order chi connectivity index (χ0) is 13.5. The van der Waals surface area contributed by atoms with E-state index in [0.717, 1.165) is 42.2 Å². The van der Waals surface area contributed by atoms with Crippen molar-refractivity contribution < 1.29 is 0 Å². The van der Waals surface area contributed by atoms with E-state index in [1.165, 1.54) is 25.7 Å². The average molecular weight is 273 g/mol. The fraction of sp³-hybridized carbons (Fsp3) is 0.895. The fourth-order valence-corrected chi connectivity index (χ4v) is 6.39. The van der Waals surface area contributed by atoms with Crippen LogP contribution in [-0.4, -0.2) is 12.6 Å². The second kappa shape index (κ2) is 5.48. The monoisotopic (exact) mass is 273 g/mol. The van der Waals surface area contributed by atoms with Gasteiger partial charge in [-0.05, 0) is 93.9 Å². The summed E-state index contributed by atoms with van der Waals surface area (Å²) in [5.41, 5.74) is 1.79. The van der Waals surface area contributed by atoms with Crippen LogP contribution in [0.5, 0.6) is 0 Å². The van der Waals surface area contributed by atoms with Gasteiger partial charge in [0.1, 0.15) is 0 Å². The first-order valence-corrected chi connectivity index (χ1v) is 9.27. The molecule has 1 unspecified atom stereocenters. The summed E-state index contributed by atoms with van der Waals surface area (Å²) in [6.07, 6.45) is 16.0. The van der Waals surface area contributed by atoms with Gasteiger partial charge in [0, 0.05) is 6.04 Å². The standard InChI is InChI=1S/C19H31N/c1-2-20-19(15-6-4-3-5-7-15)18-16-9-13-8-14(11-16)12-17(18)10-13/h6,13-14,16-20H,2-5,7-12H2,1H3. The summed E-state index contributed by atoms with van der Waals surface area (Å²) in [5.74, 6) is 5.30. The van der Waals surface area contributed by atoms with Crippen molar-refractivity contribution in [3.8, 4) is 0 Å². The van der Waals surface area contributed by atoms with Gasteiger partial charge < -0.3 is 5.32 Å². The highest BCUT2D eigenvalue weighted by Crippen LogP contribution is 2.58. The van der Waals surface area contributed by atoms with Crippen LogP contribution in [0.25, 0.3) is 0 Å². The van der Waals surface area contributed by atoms with E-state index in [2.05, 4.69) is 18.3 Å². The molecule has 5 aliphatic rings. The lowest BCUT2D eigenvalue weighted by molar-refractivity contribution is -0.0470. The van der Waals surface area contributed by atoms with E-state index in [4.69, 9.17) is 0 Å². The third kappa shape index (κ3) is 2.26. The summed E-state index contributed by atoms with van der Waals surface area (Å²) < 4.78 is 0. The molecule has 0 heterocycles. The van der Waals surface area contributed by atoms with Crippen molar-refractivity contribution >= 4 is 0 Å². The van der Waals surface area contributed by atoms with Gasteiger partial charge in [0.05, 0.1) is 0 Å². The number of nitrogens with one attached hydrogen (secondary N) is 1. The van der Waals surface area contributed by atoms with Gasteiger partial charge in [-0.15, -0.1) is 0 Å². The van der Waals surface area contributed by atoms with Crippen LogP contribution in [0.2, 0.25) is 0 Å². The molecule has 1 atom stereocenters. The van der Waals surface area contributed by atoms with Gasteiger partial charge in [0.2, 0.25) is 0 Å². The van der Waals surface area contributed by atoms with Crippen molar-refractivity contribution in [3.05, 3.63) is 11.6 Å². The van der Waals surface area contributed by atoms with Crippen LogP contribution in [0.4, 0.5) is 0 Å². The molecule has 112 valence electrons. The Bertz CT molecular complexity index is 355. The third-order valence-electron chi connectivity index (χ3n) is 6.83. The lowest BCUT2D eigenvalue weighted by Gasteiger charge is -2.57. The van der Waals surface area contributed by atoms with Gasteiger partial charge in [-0.1, -0.05) is 18.6 Å².